The van der Waals surface area contributed by atoms with E-state index < -0.39 is 9.05 Å². The molecule has 0 saturated heterocycles. The Kier molecular flexibility index (Phi) is 4.38. The number of benzene rings is 1. The van der Waals surface area contributed by atoms with Crippen LogP contribution in [0.2, 0.25) is 0 Å². The zero-order valence-corrected chi connectivity index (χ0v) is 13.3. The molecule has 0 aliphatic heterocycles. The Morgan fingerprint density at radius 1 is 1.19 bits per heavy atom. The van der Waals surface area contributed by atoms with Crippen LogP contribution >= 0.6 is 10.7 Å². The summed E-state index contributed by atoms with van der Waals surface area (Å²) in [5.41, 5.74) is 0.647. The van der Waals surface area contributed by atoms with E-state index in [1.165, 1.54) is 18.8 Å². The summed E-state index contributed by atoms with van der Waals surface area (Å²) in [4.78, 5) is 0. The van der Waals surface area contributed by atoms with Gasteiger partial charge in [0.15, 0.2) is 17.3 Å². The molecule has 21 heavy (non-hydrogen) atoms. The highest BCUT2D eigenvalue weighted by atomic mass is 35.7. The minimum absolute atomic E-state index is 0.281. The molecule has 0 unspecified atom stereocenters. The normalized spacial score (nSPS) is 11.4. The van der Waals surface area contributed by atoms with Crippen molar-refractivity contribution in [3.05, 3.63) is 18.2 Å². The van der Waals surface area contributed by atoms with Gasteiger partial charge in [0.2, 0.25) is 0 Å². The molecule has 1 heterocycles. The summed E-state index contributed by atoms with van der Waals surface area (Å²) in [5.74, 6) is 1.46. The zero-order valence-electron chi connectivity index (χ0n) is 11.7. The first-order valence-electron chi connectivity index (χ1n) is 6.02. The van der Waals surface area contributed by atoms with Crippen LogP contribution in [0.5, 0.6) is 11.5 Å². The minimum atomic E-state index is -3.96. The van der Waals surface area contributed by atoms with Crippen molar-refractivity contribution in [2.45, 2.75) is 18.6 Å². The van der Waals surface area contributed by atoms with Crippen molar-refractivity contribution in [2.75, 3.05) is 14.2 Å². The predicted molar refractivity (Wildman–Crippen MR) is 77.3 cm³/mol. The molecule has 0 radical (unpaired) electrons. The highest BCUT2D eigenvalue weighted by Crippen LogP contribution is 2.32. The zero-order chi connectivity index (χ0) is 15.6. The lowest BCUT2D eigenvalue weighted by atomic mass is 10.2. The van der Waals surface area contributed by atoms with E-state index in [9.17, 15) is 8.42 Å². The van der Waals surface area contributed by atoms with E-state index in [4.69, 9.17) is 20.2 Å². The van der Waals surface area contributed by atoms with Gasteiger partial charge in [-0.2, -0.15) is 0 Å². The second kappa shape index (κ2) is 5.90. The fourth-order valence-corrected chi connectivity index (χ4v) is 2.90. The summed E-state index contributed by atoms with van der Waals surface area (Å²) >= 11 is 0. The largest absolute Gasteiger partial charge is 0.493 e. The van der Waals surface area contributed by atoms with E-state index in [0.717, 1.165) is 0 Å². The molecule has 0 spiro atoms. The molecule has 114 valence electrons. The van der Waals surface area contributed by atoms with Crippen LogP contribution < -0.4 is 9.47 Å². The van der Waals surface area contributed by atoms with Crippen molar-refractivity contribution in [2.24, 2.45) is 0 Å². The number of hydrogen-bond donors (Lipinski definition) is 0. The summed E-state index contributed by atoms with van der Waals surface area (Å²) in [7, 11) is 4.44. The van der Waals surface area contributed by atoms with E-state index in [0.29, 0.717) is 29.4 Å². The molecule has 2 aromatic rings. The molecule has 0 N–H and O–H groups in total. The molecule has 0 aliphatic carbocycles. The van der Waals surface area contributed by atoms with Gasteiger partial charge in [0.25, 0.3) is 14.2 Å². The van der Waals surface area contributed by atoms with Gasteiger partial charge in [-0.3, -0.25) is 4.57 Å². The maximum absolute atomic E-state index is 11.5. The van der Waals surface area contributed by atoms with E-state index in [2.05, 4.69) is 10.2 Å². The Bertz CT molecular complexity index is 758. The fourth-order valence-electron chi connectivity index (χ4n) is 1.94. The second-order valence-corrected chi connectivity index (χ2v) is 6.52. The van der Waals surface area contributed by atoms with Gasteiger partial charge in [-0.05, 0) is 25.1 Å². The number of halogens is 1. The van der Waals surface area contributed by atoms with E-state index in [1.807, 2.05) is 0 Å². The Morgan fingerprint density at radius 3 is 2.38 bits per heavy atom. The number of hydrogen-bond acceptors (Lipinski definition) is 6. The maximum atomic E-state index is 11.5. The van der Waals surface area contributed by atoms with Crippen LogP contribution in [0.4, 0.5) is 0 Å². The molecule has 0 bridgehead atoms. The summed E-state index contributed by atoms with van der Waals surface area (Å²) < 4.78 is 34.8. The average Bonchev–Trinajstić information content (AvgIpc) is 2.90. The molecule has 1 aromatic heterocycles. The molecule has 1 aromatic carbocycles. The third-order valence-electron chi connectivity index (χ3n) is 2.89. The Hall–Kier alpha value is -1.80. The Morgan fingerprint density at radius 2 is 1.86 bits per heavy atom. The van der Waals surface area contributed by atoms with E-state index in [-0.39, 0.29) is 5.16 Å². The summed E-state index contributed by atoms with van der Waals surface area (Å²) in [6, 6.07) is 5.14. The maximum Gasteiger partial charge on any atom is 0.296 e. The summed E-state index contributed by atoms with van der Waals surface area (Å²) in [6.45, 7) is 2.14. The van der Waals surface area contributed by atoms with Gasteiger partial charge in [-0.15, -0.1) is 10.2 Å². The van der Waals surface area contributed by atoms with Crippen molar-refractivity contribution in [1.29, 1.82) is 0 Å². The molecule has 0 atom stereocenters. The first-order valence-corrected chi connectivity index (χ1v) is 8.33. The fraction of sp³-hybridized carbons (Fsp3) is 0.333. The number of methoxy groups -OCH3 is 2. The van der Waals surface area contributed by atoms with Crippen molar-refractivity contribution in [3.8, 4) is 22.9 Å². The SMILES string of the molecule is CCn1c(-c2ccc(OC)c(OC)c2)nnc1S(=O)(=O)Cl. The lowest BCUT2D eigenvalue weighted by Gasteiger charge is -2.10. The number of nitrogens with zero attached hydrogens (tertiary/aromatic N) is 3. The topological polar surface area (TPSA) is 83.3 Å². The smallest absolute Gasteiger partial charge is 0.296 e. The molecular weight excluding hydrogens is 318 g/mol. The Labute approximate surface area is 126 Å². The third-order valence-corrected chi connectivity index (χ3v) is 4.05. The first kappa shape index (κ1) is 15.6. The molecule has 0 saturated carbocycles. The number of ether oxygens (including phenoxy) is 2. The minimum Gasteiger partial charge on any atom is -0.493 e. The van der Waals surface area contributed by atoms with E-state index >= 15 is 0 Å². The van der Waals surface area contributed by atoms with Crippen molar-refractivity contribution in [3.63, 3.8) is 0 Å². The van der Waals surface area contributed by atoms with Gasteiger partial charge in [-0.25, -0.2) is 8.42 Å². The summed E-state index contributed by atoms with van der Waals surface area (Å²) in [6.07, 6.45) is 0. The standard InChI is InChI=1S/C12H14ClN3O4S/c1-4-16-11(14-15-12(16)21(13,17)18)8-5-6-9(19-2)10(7-8)20-3/h5-7H,4H2,1-3H3. The van der Waals surface area contributed by atoms with Gasteiger partial charge >= 0.3 is 0 Å². The van der Waals surface area contributed by atoms with Crippen molar-refractivity contribution < 1.29 is 17.9 Å². The Balaban J connectivity index is 2.60. The van der Waals surface area contributed by atoms with Crippen LogP contribution in [-0.2, 0) is 15.6 Å². The van der Waals surface area contributed by atoms with Gasteiger partial charge < -0.3 is 9.47 Å². The van der Waals surface area contributed by atoms with Crippen LogP contribution in [0.1, 0.15) is 6.92 Å². The van der Waals surface area contributed by atoms with Gasteiger partial charge in [0.1, 0.15) is 0 Å². The third kappa shape index (κ3) is 2.96. The van der Waals surface area contributed by atoms with Crippen LogP contribution in [0.25, 0.3) is 11.4 Å². The lowest BCUT2D eigenvalue weighted by molar-refractivity contribution is 0.355. The van der Waals surface area contributed by atoms with Crippen LogP contribution in [-0.4, -0.2) is 37.4 Å². The van der Waals surface area contributed by atoms with Crippen molar-refractivity contribution in [1.82, 2.24) is 14.8 Å². The number of aromatic nitrogens is 3. The van der Waals surface area contributed by atoms with Crippen LogP contribution in [0.3, 0.4) is 0 Å². The lowest BCUT2D eigenvalue weighted by Crippen LogP contribution is -2.06. The van der Waals surface area contributed by atoms with Crippen molar-refractivity contribution >= 4 is 19.7 Å². The monoisotopic (exact) mass is 331 g/mol. The summed E-state index contributed by atoms with van der Waals surface area (Å²) in [5, 5.41) is 7.28. The molecule has 9 heteroatoms. The second-order valence-electron chi connectivity index (χ2n) is 4.06. The average molecular weight is 332 g/mol. The molecular formula is C12H14ClN3O4S. The van der Waals surface area contributed by atoms with Gasteiger partial charge in [0, 0.05) is 22.8 Å². The quantitative estimate of drug-likeness (QED) is 0.778. The van der Waals surface area contributed by atoms with Crippen LogP contribution in [0.15, 0.2) is 23.4 Å². The van der Waals surface area contributed by atoms with Gasteiger partial charge in [-0.1, -0.05) is 0 Å². The van der Waals surface area contributed by atoms with Gasteiger partial charge in [0.05, 0.1) is 14.2 Å². The predicted octanol–water partition coefficient (Wildman–Crippen LogP) is 1.91. The molecule has 0 amide bonds. The first-order chi connectivity index (χ1) is 9.92. The highest BCUT2D eigenvalue weighted by molar-refractivity contribution is 8.13. The molecule has 0 fully saturated rings. The molecule has 2 rings (SSSR count). The highest BCUT2D eigenvalue weighted by Gasteiger charge is 2.23. The van der Waals surface area contributed by atoms with E-state index in [1.54, 1.807) is 25.1 Å². The van der Waals surface area contributed by atoms with Crippen LogP contribution in [0, 0.1) is 0 Å². The number of rotatable bonds is 5. The molecule has 0 aliphatic rings. The molecule has 7 nitrogen and oxygen atoms in total.